The summed E-state index contributed by atoms with van der Waals surface area (Å²) in [5.41, 5.74) is 8.57. The monoisotopic (exact) mass is 242 g/mol. The molecule has 0 saturated carbocycles. The molecule has 7 heteroatoms. The van der Waals surface area contributed by atoms with Crippen LogP contribution in [0.3, 0.4) is 0 Å². The maximum Gasteiger partial charge on any atom is 0.290 e. The lowest BCUT2D eigenvalue weighted by atomic mass is 10.3. The number of hydrazone groups is 1. The Hall–Kier alpha value is -2.83. The van der Waals surface area contributed by atoms with Crippen molar-refractivity contribution in [2.75, 3.05) is 0 Å². The highest BCUT2D eigenvalue weighted by molar-refractivity contribution is 5.97. The Morgan fingerprint density at radius 3 is 2.67 bits per heavy atom. The van der Waals surface area contributed by atoms with Crippen LogP contribution in [0.25, 0.3) is 0 Å². The highest BCUT2D eigenvalue weighted by Crippen LogP contribution is 1.93. The number of hydrogen-bond donors (Lipinski definition) is 2. The minimum absolute atomic E-state index is 0.0763. The lowest BCUT2D eigenvalue weighted by Crippen LogP contribution is -2.25. The van der Waals surface area contributed by atoms with Crippen LogP contribution < -0.4 is 11.2 Å². The van der Waals surface area contributed by atoms with Crippen molar-refractivity contribution in [3.8, 4) is 0 Å². The van der Waals surface area contributed by atoms with Gasteiger partial charge in [-0.05, 0) is 12.1 Å². The van der Waals surface area contributed by atoms with Crippen molar-refractivity contribution < 1.29 is 4.79 Å². The average molecular weight is 242 g/mol. The van der Waals surface area contributed by atoms with E-state index in [9.17, 15) is 4.79 Å². The van der Waals surface area contributed by atoms with Gasteiger partial charge in [-0.3, -0.25) is 14.8 Å². The molecule has 0 atom stereocenters. The van der Waals surface area contributed by atoms with Gasteiger partial charge in [0.1, 0.15) is 11.4 Å². The van der Waals surface area contributed by atoms with Crippen LogP contribution in [0.1, 0.15) is 16.2 Å². The van der Waals surface area contributed by atoms with Crippen molar-refractivity contribution in [3.05, 3.63) is 54.4 Å². The molecule has 0 aliphatic rings. The SMILES string of the molecule is N/C(=N/NC(=O)c1ccccn1)c1cnccn1. The number of nitrogens with two attached hydrogens (primary N) is 1. The summed E-state index contributed by atoms with van der Waals surface area (Å²) in [7, 11) is 0. The summed E-state index contributed by atoms with van der Waals surface area (Å²) < 4.78 is 0. The minimum atomic E-state index is -0.442. The normalized spacial score (nSPS) is 11.0. The number of amidine groups is 1. The molecule has 2 aromatic rings. The van der Waals surface area contributed by atoms with Crippen LogP contribution in [0, 0.1) is 0 Å². The van der Waals surface area contributed by atoms with E-state index in [0.29, 0.717) is 5.69 Å². The first-order valence-corrected chi connectivity index (χ1v) is 5.08. The minimum Gasteiger partial charge on any atom is -0.380 e. The van der Waals surface area contributed by atoms with Crippen LogP contribution in [0.2, 0.25) is 0 Å². The van der Waals surface area contributed by atoms with Crippen molar-refractivity contribution in [3.63, 3.8) is 0 Å². The Bertz CT molecular complexity index is 554. The van der Waals surface area contributed by atoms with Crippen LogP contribution in [0.5, 0.6) is 0 Å². The van der Waals surface area contributed by atoms with E-state index >= 15 is 0 Å². The van der Waals surface area contributed by atoms with E-state index < -0.39 is 5.91 Å². The molecule has 0 unspecified atom stereocenters. The largest absolute Gasteiger partial charge is 0.380 e. The van der Waals surface area contributed by atoms with Crippen molar-refractivity contribution in [2.45, 2.75) is 0 Å². The summed E-state index contributed by atoms with van der Waals surface area (Å²) in [6.45, 7) is 0. The average Bonchev–Trinajstić information content (AvgIpc) is 2.46. The maximum atomic E-state index is 11.6. The summed E-state index contributed by atoms with van der Waals surface area (Å²) in [5.74, 6) is -0.366. The van der Waals surface area contributed by atoms with Gasteiger partial charge in [0.2, 0.25) is 0 Å². The van der Waals surface area contributed by atoms with E-state index in [1.165, 1.54) is 24.8 Å². The molecule has 0 aromatic carbocycles. The van der Waals surface area contributed by atoms with E-state index in [-0.39, 0.29) is 11.5 Å². The Morgan fingerprint density at radius 2 is 2.00 bits per heavy atom. The topological polar surface area (TPSA) is 106 Å². The van der Waals surface area contributed by atoms with Crippen LogP contribution >= 0.6 is 0 Å². The Morgan fingerprint density at radius 1 is 1.17 bits per heavy atom. The number of carbonyl (C=O) groups excluding carboxylic acids is 1. The van der Waals surface area contributed by atoms with Gasteiger partial charge < -0.3 is 5.73 Å². The van der Waals surface area contributed by atoms with Gasteiger partial charge in [0, 0.05) is 18.6 Å². The van der Waals surface area contributed by atoms with E-state index in [2.05, 4.69) is 25.5 Å². The second-order valence-corrected chi connectivity index (χ2v) is 3.24. The van der Waals surface area contributed by atoms with Crippen LogP contribution in [-0.2, 0) is 0 Å². The number of amides is 1. The second-order valence-electron chi connectivity index (χ2n) is 3.24. The molecule has 3 N–H and O–H groups in total. The van der Waals surface area contributed by atoms with E-state index in [4.69, 9.17) is 5.73 Å². The molecule has 18 heavy (non-hydrogen) atoms. The quantitative estimate of drug-likeness (QED) is 0.445. The third kappa shape index (κ3) is 2.85. The predicted octanol–water partition coefficient (Wildman–Crippen LogP) is -0.0781. The Labute approximate surface area is 103 Å². The van der Waals surface area contributed by atoms with Gasteiger partial charge in [0.25, 0.3) is 5.91 Å². The molecule has 0 fully saturated rings. The number of nitrogens with zero attached hydrogens (tertiary/aromatic N) is 4. The van der Waals surface area contributed by atoms with Gasteiger partial charge in [-0.15, -0.1) is 0 Å². The molecular weight excluding hydrogens is 232 g/mol. The molecule has 2 heterocycles. The summed E-state index contributed by atoms with van der Waals surface area (Å²) in [6, 6.07) is 5.00. The molecule has 7 nitrogen and oxygen atoms in total. The highest BCUT2D eigenvalue weighted by atomic mass is 16.2. The molecular formula is C11H10N6O. The molecule has 2 rings (SSSR count). The van der Waals surface area contributed by atoms with Crippen molar-refractivity contribution in [2.24, 2.45) is 10.8 Å². The van der Waals surface area contributed by atoms with E-state index in [0.717, 1.165) is 0 Å². The molecule has 0 aliphatic carbocycles. The second kappa shape index (κ2) is 5.48. The Kier molecular flexibility index (Phi) is 3.55. The molecule has 0 aliphatic heterocycles. The van der Waals surface area contributed by atoms with E-state index in [1.54, 1.807) is 18.2 Å². The fraction of sp³-hybridized carbons (Fsp3) is 0. The zero-order chi connectivity index (χ0) is 12.8. The highest BCUT2D eigenvalue weighted by Gasteiger charge is 2.05. The first-order valence-electron chi connectivity index (χ1n) is 5.08. The summed E-state index contributed by atoms with van der Waals surface area (Å²) in [6.07, 6.45) is 5.97. The van der Waals surface area contributed by atoms with Crippen LogP contribution in [-0.4, -0.2) is 26.7 Å². The smallest absolute Gasteiger partial charge is 0.290 e. The standard InChI is InChI=1S/C11H10N6O/c12-10(9-7-13-5-6-15-9)16-17-11(18)8-3-1-2-4-14-8/h1-7H,(H2,12,16)(H,17,18). The maximum absolute atomic E-state index is 11.6. The lowest BCUT2D eigenvalue weighted by Gasteiger charge is -2.00. The van der Waals surface area contributed by atoms with Crippen molar-refractivity contribution in [1.29, 1.82) is 0 Å². The number of pyridine rings is 1. The fourth-order valence-corrected chi connectivity index (χ4v) is 1.15. The number of nitrogens with one attached hydrogen (secondary N) is 1. The third-order valence-electron chi connectivity index (χ3n) is 2.00. The third-order valence-corrected chi connectivity index (χ3v) is 2.00. The zero-order valence-electron chi connectivity index (χ0n) is 9.32. The summed E-state index contributed by atoms with van der Waals surface area (Å²) in [4.78, 5) is 23.3. The first-order chi connectivity index (χ1) is 8.77. The summed E-state index contributed by atoms with van der Waals surface area (Å²) in [5, 5.41) is 3.72. The van der Waals surface area contributed by atoms with Gasteiger partial charge >= 0.3 is 0 Å². The predicted molar refractivity (Wildman–Crippen MR) is 64.5 cm³/mol. The molecule has 1 amide bonds. The van der Waals surface area contributed by atoms with Gasteiger partial charge in [-0.1, -0.05) is 6.07 Å². The van der Waals surface area contributed by atoms with Crippen molar-refractivity contribution in [1.82, 2.24) is 20.4 Å². The molecule has 0 saturated heterocycles. The molecule has 90 valence electrons. The molecule has 0 radical (unpaired) electrons. The molecule has 0 bridgehead atoms. The number of hydrogen-bond acceptors (Lipinski definition) is 5. The van der Waals surface area contributed by atoms with Crippen molar-refractivity contribution >= 4 is 11.7 Å². The first kappa shape index (κ1) is 11.6. The number of carbonyl (C=O) groups is 1. The summed E-state index contributed by atoms with van der Waals surface area (Å²) >= 11 is 0. The fourth-order valence-electron chi connectivity index (χ4n) is 1.15. The Balaban J connectivity index is 2.05. The van der Waals surface area contributed by atoms with Gasteiger partial charge in [0.15, 0.2) is 5.84 Å². The molecule has 2 aromatic heterocycles. The van der Waals surface area contributed by atoms with Gasteiger partial charge in [0.05, 0.1) is 6.20 Å². The number of rotatable bonds is 3. The van der Waals surface area contributed by atoms with Crippen LogP contribution in [0.4, 0.5) is 0 Å². The van der Waals surface area contributed by atoms with E-state index in [1.807, 2.05) is 0 Å². The zero-order valence-corrected chi connectivity index (χ0v) is 9.32. The molecule has 0 spiro atoms. The van der Waals surface area contributed by atoms with Gasteiger partial charge in [-0.25, -0.2) is 10.4 Å². The number of aromatic nitrogens is 3. The van der Waals surface area contributed by atoms with Gasteiger partial charge in [-0.2, -0.15) is 5.10 Å². The van der Waals surface area contributed by atoms with Crippen LogP contribution in [0.15, 0.2) is 48.1 Å². The lowest BCUT2D eigenvalue weighted by molar-refractivity contribution is 0.0950.